The number of hydrogen-bond acceptors (Lipinski definition) is 6. The van der Waals surface area contributed by atoms with Crippen molar-refractivity contribution in [3.63, 3.8) is 0 Å². The number of aromatic nitrogens is 3. The van der Waals surface area contributed by atoms with E-state index in [1.165, 1.54) is 0 Å². The Morgan fingerprint density at radius 3 is 2.05 bits per heavy atom. The van der Waals surface area contributed by atoms with Gasteiger partial charge in [-0.05, 0) is 12.1 Å². The summed E-state index contributed by atoms with van der Waals surface area (Å²) in [5, 5.41) is -0.790. The maximum Gasteiger partial charge on any atom is 0.254 e. The van der Waals surface area contributed by atoms with Gasteiger partial charge in [0.15, 0.2) is 0 Å². The Hall–Kier alpha value is -1.77. The van der Waals surface area contributed by atoms with Crippen LogP contribution in [0, 0.1) is 0 Å². The molecule has 1 amide bonds. The first-order valence-corrected chi connectivity index (χ1v) is 7.24. The molecule has 2 N–H and O–H groups in total. The summed E-state index contributed by atoms with van der Waals surface area (Å²) < 4.78 is 24.5. The van der Waals surface area contributed by atoms with Crippen molar-refractivity contribution in [2.75, 3.05) is 0 Å². The first kappa shape index (κ1) is 14.6. The van der Waals surface area contributed by atoms with Gasteiger partial charge in [-0.25, -0.2) is 23.4 Å². The molecule has 2 aromatic rings. The van der Waals surface area contributed by atoms with Crippen LogP contribution in [0.2, 0.25) is 10.0 Å². The Morgan fingerprint density at radius 1 is 1.10 bits per heavy atom. The second-order valence-electron chi connectivity index (χ2n) is 3.55. The molecular formula is C10H6Cl2N4O3S. The molecule has 20 heavy (non-hydrogen) atoms. The lowest BCUT2D eigenvalue weighted by molar-refractivity contribution is 0.100. The minimum Gasteiger partial charge on any atom is -0.366 e. The normalized spacial score (nSPS) is 11.3. The quantitative estimate of drug-likeness (QED) is 0.899. The molecule has 0 fully saturated rings. The minimum atomic E-state index is -4.01. The molecule has 0 spiro atoms. The number of benzene rings is 1. The van der Waals surface area contributed by atoms with Crippen LogP contribution in [-0.2, 0) is 9.84 Å². The van der Waals surface area contributed by atoms with Gasteiger partial charge in [0, 0.05) is 0 Å². The van der Waals surface area contributed by atoms with Gasteiger partial charge in [-0.2, -0.15) is 0 Å². The van der Waals surface area contributed by atoms with Crippen LogP contribution in [0.3, 0.4) is 0 Å². The molecule has 2 rings (SSSR count). The van der Waals surface area contributed by atoms with Gasteiger partial charge < -0.3 is 5.73 Å². The van der Waals surface area contributed by atoms with Crippen molar-refractivity contribution in [2.24, 2.45) is 5.73 Å². The zero-order valence-corrected chi connectivity index (χ0v) is 11.9. The fourth-order valence-electron chi connectivity index (χ4n) is 1.41. The van der Waals surface area contributed by atoms with E-state index in [1.807, 2.05) is 0 Å². The zero-order chi connectivity index (χ0) is 14.9. The number of hydrogen-bond donors (Lipinski definition) is 1. The highest BCUT2D eigenvalue weighted by molar-refractivity contribution is 7.91. The molecule has 0 aliphatic rings. The smallest absolute Gasteiger partial charge is 0.254 e. The Bertz CT molecular complexity index is 757. The van der Waals surface area contributed by atoms with Crippen molar-refractivity contribution < 1.29 is 13.2 Å². The van der Waals surface area contributed by atoms with E-state index in [-0.39, 0.29) is 20.5 Å². The van der Waals surface area contributed by atoms with Crippen LogP contribution in [0.25, 0.3) is 0 Å². The summed E-state index contributed by atoms with van der Waals surface area (Å²) in [5.74, 6) is -0.857. The number of rotatable bonds is 3. The lowest BCUT2D eigenvalue weighted by Gasteiger charge is -2.07. The number of carbonyl (C=O) groups excluding carboxylic acids is 1. The van der Waals surface area contributed by atoms with Gasteiger partial charge in [0.2, 0.25) is 9.84 Å². The van der Waals surface area contributed by atoms with Gasteiger partial charge in [-0.1, -0.05) is 23.2 Å². The van der Waals surface area contributed by atoms with E-state index in [1.54, 1.807) is 0 Å². The van der Waals surface area contributed by atoms with Gasteiger partial charge in [0.1, 0.15) is 12.7 Å². The number of nitrogens with two attached hydrogens (primary N) is 1. The van der Waals surface area contributed by atoms with E-state index >= 15 is 0 Å². The average molecular weight is 333 g/mol. The maximum atomic E-state index is 12.2. The van der Waals surface area contributed by atoms with E-state index in [9.17, 15) is 13.2 Å². The predicted octanol–water partition coefficient (Wildman–Crippen LogP) is 1.11. The summed E-state index contributed by atoms with van der Waals surface area (Å²) in [7, 11) is -4.01. The number of primary amides is 1. The number of sulfone groups is 1. The third-order valence-corrected chi connectivity index (χ3v) is 4.43. The fourth-order valence-corrected chi connectivity index (χ4v) is 3.34. The molecule has 104 valence electrons. The van der Waals surface area contributed by atoms with Gasteiger partial charge in [0.25, 0.3) is 11.1 Å². The molecule has 1 heterocycles. The van der Waals surface area contributed by atoms with E-state index in [2.05, 4.69) is 15.0 Å². The lowest BCUT2D eigenvalue weighted by atomic mass is 10.2. The summed E-state index contributed by atoms with van der Waals surface area (Å²) >= 11 is 11.6. The largest absolute Gasteiger partial charge is 0.366 e. The molecule has 0 saturated heterocycles. The number of nitrogens with zero attached hydrogens (tertiary/aromatic N) is 3. The topological polar surface area (TPSA) is 116 Å². The minimum absolute atomic E-state index is 0.150. The van der Waals surface area contributed by atoms with Crippen LogP contribution < -0.4 is 5.73 Å². The molecule has 0 unspecified atom stereocenters. The molecule has 7 nitrogen and oxygen atoms in total. The predicted molar refractivity (Wildman–Crippen MR) is 70.3 cm³/mol. The van der Waals surface area contributed by atoms with E-state index in [4.69, 9.17) is 28.9 Å². The van der Waals surface area contributed by atoms with Gasteiger partial charge in [0.05, 0.1) is 20.5 Å². The summed E-state index contributed by atoms with van der Waals surface area (Å²) in [5.41, 5.74) is 4.95. The number of carbonyl (C=O) groups is 1. The Kier molecular flexibility index (Phi) is 3.89. The summed E-state index contributed by atoms with van der Waals surface area (Å²) in [6.07, 6.45) is 2.09. The second kappa shape index (κ2) is 5.31. The van der Waals surface area contributed by atoms with Gasteiger partial charge in [-0.15, -0.1) is 0 Å². The van der Waals surface area contributed by atoms with E-state index in [0.29, 0.717) is 0 Å². The molecule has 0 bridgehead atoms. The molecular weight excluding hydrogens is 327 g/mol. The summed E-state index contributed by atoms with van der Waals surface area (Å²) in [6, 6.07) is 2.12. The van der Waals surface area contributed by atoms with Crippen LogP contribution in [0.5, 0.6) is 0 Å². The van der Waals surface area contributed by atoms with Crippen molar-refractivity contribution in [2.45, 2.75) is 10.1 Å². The molecule has 1 aromatic heterocycles. The van der Waals surface area contributed by atoms with E-state index in [0.717, 1.165) is 24.8 Å². The molecule has 0 atom stereocenters. The molecule has 0 aliphatic heterocycles. The summed E-state index contributed by atoms with van der Waals surface area (Å²) in [4.78, 5) is 21.5. The average Bonchev–Trinajstić information content (AvgIpc) is 2.38. The maximum absolute atomic E-state index is 12.2. The van der Waals surface area contributed by atoms with Crippen molar-refractivity contribution in [1.29, 1.82) is 0 Å². The third-order valence-electron chi connectivity index (χ3n) is 2.28. The molecule has 0 aliphatic carbocycles. The zero-order valence-electron chi connectivity index (χ0n) is 9.62. The molecule has 0 saturated carbocycles. The molecule has 10 heteroatoms. The van der Waals surface area contributed by atoms with Crippen molar-refractivity contribution >= 4 is 38.9 Å². The van der Waals surface area contributed by atoms with Crippen LogP contribution in [0.15, 0.2) is 34.8 Å². The first-order chi connectivity index (χ1) is 9.34. The van der Waals surface area contributed by atoms with Crippen LogP contribution in [0.4, 0.5) is 0 Å². The van der Waals surface area contributed by atoms with Crippen molar-refractivity contribution in [3.05, 3.63) is 40.4 Å². The van der Waals surface area contributed by atoms with Crippen molar-refractivity contribution in [3.8, 4) is 0 Å². The Morgan fingerprint density at radius 2 is 1.60 bits per heavy atom. The van der Waals surface area contributed by atoms with Gasteiger partial charge >= 0.3 is 0 Å². The highest BCUT2D eigenvalue weighted by Crippen LogP contribution is 2.30. The van der Waals surface area contributed by atoms with Crippen molar-refractivity contribution in [1.82, 2.24) is 15.0 Å². The Balaban J connectivity index is 2.63. The Labute approximate surface area is 123 Å². The van der Waals surface area contributed by atoms with Crippen LogP contribution in [0.1, 0.15) is 10.4 Å². The summed E-state index contributed by atoms with van der Waals surface area (Å²) in [6.45, 7) is 0. The second-order valence-corrected chi connectivity index (χ2v) is 6.21. The monoisotopic (exact) mass is 332 g/mol. The van der Waals surface area contributed by atoms with Crippen LogP contribution in [-0.4, -0.2) is 29.3 Å². The molecule has 0 radical (unpaired) electrons. The van der Waals surface area contributed by atoms with Gasteiger partial charge in [-0.3, -0.25) is 4.79 Å². The molecule has 1 aromatic carbocycles. The highest BCUT2D eigenvalue weighted by Gasteiger charge is 2.24. The fraction of sp³-hybridized carbons (Fsp3) is 0. The van der Waals surface area contributed by atoms with E-state index < -0.39 is 20.9 Å². The lowest BCUT2D eigenvalue weighted by Crippen LogP contribution is -2.14. The first-order valence-electron chi connectivity index (χ1n) is 5.00. The third kappa shape index (κ3) is 2.58. The standard InChI is InChI=1S/C10H6Cl2N4O3S/c11-6-1-5(2-7(12)8(6)9(13)17)20(18,19)10-15-3-14-4-16-10/h1-4H,(H2,13,17). The van der Waals surface area contributed by atoms with Crippen LogP contribution >= 0.6 is 23.2 Å². The SMILES string of the molecule is NC(=O)c1c(Cl)cc(S(=O)(=O)c2ncncn2)cc1Cl. The highest BCUT2D eigenvalue weighted by atomic mass is 35.5. The number of halogens is 2. The number of amides is 1.